The SMILES string of the molecule is O=C(CSc1nc2ccccc2o1)NNC(=O)c1ccc(F)c([N+](=O)[O-])c1. The summed E-state index contributed by atoms with van der Waals surface area (Å²) in [6.07, 6.45) is 0. The van der Waals surface area contributed by atoms with E-state index < -0.39 is 28.2 Å². The summed E-state index contributed by atoms with van der Waals surface area (Å²) in [6, 6.07) is 9.77. The lowest BCUT2D eigenvalue weighted by atomic mass is 10.2. The fourth-order valence-corrected chi connectivity index (χ4v) is 2.71. The quantitative estimate of drug-likeness (QED) is 0.389. The standard InChI is InChI=1S/C16H11FN4O5S/c17-10-6-5-9(7-12(10)21(24)25)15(23)20-19-14(22)8-27-16-18-11-3-1-2-4-13(11)26-16/h1-7H,8H2,(H,19,22)(H,20,23). The van der Waals surface area contributed by atoms with Gasteiger partial charge in [-0.25, -0.2) is 4.98 Å². The van der Waals surface area contributed by atoms with Gasteiger partial charge in [0.1, 0.15) is 5.52 Å². The Morgan fingerprint density at radius 3 is 2.74 bits per heavy atom. The number of nitro benzene ring substituents is 1. The molecule has 0 fully saturated rings. The summed E-state index contributed by atoms with van der Waals surface area (Å²) in [7, 11) is 0. The lowest BCUT2D eigenvalue weighted by Gasteiger charge is -2.06. The number of thioether (sulfide) groups is 1. The number of fused-ring (bicyclic) bond motifs is 1. The average Bonchev–Trinajstić information content (AvgIpc) is 3.07. The topological polar surface area (TPSA) is 127 Å². The van der Waals surface area contributed by atoms with Crippen molar-refractivity contribution < 1.29 is 23.3 Å². The van der Waals surface area contributed by atoms with Crippen molar-refractivity contribution >= 4 is 40.4 Å². The number of aromatic nitrogens is 1. The highest BCUT2D eigenvalue weighted by Crippen LogP contribution is 2.22. The number of hydrazine groups is 1. The third kappa shape index (κ3) is 4.39. The van der Waals surface area contributed by atoms with Gasteiger partial charge < -0.3 is 4.42 Å². The number of nitrogens with one attached hydrogen (secondary N) is 2. The fourth-order valence-electron chi connectivity index (χ4n) is 2.07. The van der Waals surface area contributed by atoms with Gasteiger partial charge in [-0.1, -0.05) is 23.9 Å². The highest BCUT2D eigenvalue weighted by atomic mass is 32.2. The van der Waals surface area contributed by atoms with Crippen LogP contribution < -0.4 is 10.9 Å². The molecule has 1 aromatic heterocycles. The Kier molecular flexibility index (Phi) is 5.31. The lowest BCUT2D eigenvalue weighted by Crippen LogP contribution is -2.42. The first-order valence-electron chi connectivity index (χ1n) is 7.45. The molecule has 9 nitrogen and oxygen atoms in total. The molecule has 0 bridgehead atoms. The van der Waals surface area contributed by atoms with Crippen LogP contribution in [0.5, 0.6) is 0 Å². The van der Waals surface area contributed by atoms with E-state index in [9.17, 15) is 24.1 Å². The zero-order chi connectivity index (χ0) is 19.4. The molecule has 138 valence electrons. The summed E-state index contributed by atoms with van der Waals surface area (Å²) in [5.41, 5.74) is 4.50. The number of amides is 2. The number of nitrogens with zero attached hydrogens (tertiary/aromatic N) is 2. The molecule has 0 saturated carbocycles. The molecule has 0 unspecified atom stereocenters. The molecule has 2 N–H and O–H groups in total. The number of hydrogen-bond acceptors (Lipinski definition) is 7. The molecule has 27 heavy (non-hydrogen) atoms. The molecule has 0 aliphatic rings. The maximum absolute atomic E-state index is 13.3. The molecule has 0 atom stereocenters. The Hall–Kier alpha value is -3.47. The zero-order valence-electron chi connectivity index (χ0n) is 13.5. The van der Waals surface area contributed by atoms with Crippen molar-refractivity contribution in [3.8, 4) is 0 Å². The van der Waals surface area contributed by atoms with Crippen molar-refractivity contribution in [2.24, 2.45) is 0 Å². The normalized spacial score (nSPS) is 10.6. The molecule has 0 spiro atoms. The molecular formula is C16H11FN4O5S. The summed E-state index contributed by atoms with van der Waals surface area (Å²) in [6.45, 7) is 0. The number of carbonyl (C=O) groups is 2. The van der Waals surface area contributed by atoms with Gasteiger partial charge in [-0.05, 0) is 24.3 Å². The van der Waals surface area contributed by atoms with Crippen molar-refractivity contribution in [1.82, 2.24) is 15.8 Å². The second-order valence-corrected chi connectivity index (χ2v) is 6.09. The van der Waals surface area contributed by atoms with Gasteiger partial charge in [0.15, 0.2) is 5.58 Å². The molecule has 1 heterocycles. The van der Waals surface area contributed by atoms with Crippen LogP contribution in [-0.2, 0) is 4.79 Å². The first-order chi connectivity index (χ1) is 12.9. The Morgan fingerprint density at radius 1 is 1.22 bits per heavy atom. The van der Waals surface area contributed by atoms with E-state index >= 15 is 0 Å². The van der Waals surface area contributed by atoms with Gasteiger partial charge in [-0.2, -0.15) is 4.39 Å². The molecule has 2 amide bonds. The smallest absolute Gasteiger partial charge is 0.305 e. The molecule has 3 rings (SSSR count). The minimum absolute atomic E-state index is 0.0866. The van der Waals surface area contributed by atoms with Crippen LogP contribution >= 0.6 is 11.8 Å². The molecule has 0 aliphatic heterocycles. The predicted octanol–water partition coefficient (Wildman–Crippen LogP) is 2.43. The molecule has 2 aromatic carbocycles. The van der Waals surface area contributed by atoms with Crippen molar-refractivity contribution in [3.63, 3.8) is 0 Å². The number of oxazole rings is 1. The number of rotatable bonds is 5. The van der Waals surface area contributed by atoms with E-state index in [4.69, 9.17) is 4.42 Å². The van der Waals surface area contributed by atoms with Gasteiger partial charge in [0.2, 0.25) is 11.7 Å². The van der Waals surface area contributed by atoms with Gasteiger partial charge in [0, 0.05) is 11.6 Å². The molecule has 0 saturated heterocycles. The third-order valence-corrected chi connectivity index (χ3v) is 4.15. The van der Waals surface area contributed by atoms with E-state index in [1.165, 1.54) is 0 Å². The Morgan fingerprint density at radius 2 is 2.00 bits per heavy atom. The van der Waals surface area contributed by atoms with E-state index in [0.29, 0.717) is 16.3 Å². The predicted molar refractivity (Wildman–Crippen MR) is 93.4 cm³/mol. The molecule has 0 aliphatic carbocycles. The summed E-state index contributed by atoms with van der Waals surface area (Å²) in [5, 5.41) is 11.0. The largest absolute Gasteiger partial charge is 0.431 e. The molecular weight excluding hydrogens is 379 g/mol. The highest BCUT2D eigenvalue weighted by molar-refractivity contribution is 7.99. The van der Waals surface area contributed by atoms with Crippen molar-refractivity contribution in [2.45, 2.75) is 5.22 Å². The third-order valence-electron chi connectivity index (χ3n) is 3.32. The van der Waals surface area contributed by atoms with Crippen LogP contribution in [-0.4, -0.2) is 27.5 Å². The van der Waals surface area contributed by atoms with E-state index in [2.05, 4.69) is 15.8 Å². The molecule has 3 aromatic rings. The number of para-hydroxylation sites is 2. The van der Waals surface area contributed by atoms with Crippen molar-refractivity contribution in [3.05, 3.63) is 64.0 Å². The maximum Gasteiger partial charge on any atom is 0.305 e. The number of nitro groups is 1. The highest BCUT2D eigenvalue weighted by Gasteiger charge is 2.18. The van der Waals surface area contributed by atoms with Crippen molar-refractivity contribution in [1.29, 1.82) is 0 Å². The summed E-state index contributed by atoms with van der Waals surface area (Å²) in [5.74, 6) is -2.52. The summed E-state index contributed by atoms with van der Waals surface area (Å²) >= 11 is 1.03. The van der Waals surface area contributed by atoms with Crippen LogP contribution in [0, 0.1) is 15.9 Å². The second kappa shape index (κ2) is 7.83. The minimum atomic E-state index is -1.06. The Bertz CT molecular complexity index is 1010. The first kappa shape index (κ1) is 18.3. The number of hydrogen-bond donors (Lipinski definition) is 2. The Labute approximate surface area is 155 Å². The minimum Gasteiger partial charge on any atom is -0.431 e. The Balaban J connectivity index is 1.53. The van der Waals surface area contributed by atoms with Gasteiger partial charge in [-0.15, -0.1) is 0 Å². The average molecular weight is 390 g/mol. The summed E-state index contributed by atoms with van der Waals surface area (Å²) < 4.78 is 18.7. The van der Waals surface area contributed by atoms with E-state index in [1.54, 1.807) is 24.3 Å². The van der Waals surface area contributed by atoms with Gasteiger partial charge >= 0.3 is 5.69 Å². The van der Waals surface area contributed by atoms with Crippen LogP contribution in [0.2, 0.25) is 0 Å². The molecule has 11 heteroatoms. The van der Waals surface area contributed by atoms with Gasteiger partial charge in [0.05, 0.1) is 10.7 Å². The van der Waals surface area contributed by atoms with E-state index in [-0.39, 0.29) is 11.3 Å². The molecule has 0 radical (unpaired) electrons. The van der Waals surface area contributed by atoms with E-state index in [0.717, 1.165) is 30.0 Å². The number of halogens is 1. The van der Waals surface area contributed by atoms with Crippen LogP contribution in [0.15, 0.2) is 52.1 Å². The second-order valence-electron chi connectivity index (χ2n) is 5.16. The maximum atomic E-state index is 13.3. The van der Waals surface area contributed by atoms with E-state index in [1.807, 2.05) is 0 Å². The number of benzene rings is 2. The monoisotopic (exact) mass is 390 g/mol. The van der Waals surface area contributed by atoms with Crippen LogP contribution in [0.4, 0.5) is 10.1 Å². The fraction of sp³-hybridized carbons (Fsp3) is 0.0625. The van der Waals surface area contributed by atoms with Crippen LogP contribution in [0.25, 0.3) is 11.1 Å². The lowest BCUT2D eigenvalue weighted by molar-refractivity contribution is -0.387. The van der Waals surface area contributed by atoms with Crippen molar-refractivity contribution in [2.75, 3.05) is 5.75 Å². The first-order valence-corrected chi connectivity index (χ1v) is 8.44. The van der Waals surface area contributed by atoms with Gasteiger partial charge in [-0.3, -0.25) is 30.6 Å². The van der Waals surface area contributed by atoms with Crippen LogP contribution in [0.1, 0.15) is 10.4 Å². The van der Waals surface area contributed by atoms with Crippen LogP contribution in [0.3, 0.4) is 0 Å². The zero-order valence-corrected chi connectivity index (χ0v) is 14.3. The summed E-state index contributed by atoms with van der Waals surface area (Å²) in [4.78, 5) is 37.7. The van der Waals surface area contributed by atoms with Gasteiger partial charge in [0.25, 0.3) is 11.1 Å². The number of carbonyl (C=O) groups excluding carboxylic acids is 2.